The number of thiocarbonyl (C=S) groups is 1. The third kappa shape index (κ3) is 4.09. The highest BCUT2D eigenvalue weighted by molar-refractivity contribution is 7.80. The molecule has 22 heavy (non-hydrogen) atoms. The van der Waals surface area contributed by atoms with E-state index in [1.54, 1.807) is 0 Å². The molecule has 2 rings (SSSR count). The smallest absolute Gasteiger partial charge is 0.171 e. The summed E-state index contributed by atoms with van der Waals surface area (Å²) in [7, 11) is 0. The Kier molecular flexibility index (Phi) is 5.62. The zero-order valence-corrected chi connectivity index (χ0v) is 14.4. The summed E-state index contributed by atoms with van der Waals surface area (Å²) in [4.78, 5) is 0. The van der Waals surface area contributed by atoms with Crippen LogP contribution >= 0.6 is 35.4 Å². The highest BCUT2D eigenvalue weighted by Crippen LogP contribution is 2.28. The van der Waals surface area contributed by atoms with Gasteiger partial charge in [0.25, 0.3) is 0 Å². The van der Waals surface area contributed by atoms with Gasteiger partial charge in [-0.25, -0.2) is 4.39 Å². The van der Waals surface area contributed by atoms with Crippen LogP contribution in [0.2, 0.25) is 10.0 Å². The van der Waals surface area contributed by atoms with Gasteiger partial charge in [-0.15, -0.1) is 0 Å². The lowest BCUT2D eigenvalue weighted by Gasteiger charge is -2.19. The van der Waals surface area contributed by atoms with Gasteiger partial charge >= 0.3 is 0 Å². The summed E-state index contributed by atoms with van der Waals surface area (Å²) >= 11 is 17.1. The predicted octanol–water partition coefficient (Wildman–Crippen LogP) is 5.49. The maximum atomic E-state index is 13.6. The molecule has 0 unspecified atom stereocenters. The lowest BCUT2D eigenvalue weighted by molar-refractivity contribution is 0.619. The van der Waals surface area contributed by atoms with Crippen LogP contribution in [0.15, 0.2) is 36.4 Å². The average Bonchev–Trinajstić information content (AvgIpc) is 2.45. The minimum Gasteiger partial charge on any atom is -0.356 e. The summed E-state index contributed by atoms with van der Waals surface area (Å²) in [5.41, 5.74) is 2.59. The molecule has 0 amide bonds. The van der Waals surface area contributed by atoms with Crippen molar-refractivity contribution in [3.05, 3.63) is 63.4 Å². The second-order valence-corrected chi connectivity index (χ2v) is 6.15. The fourth-order valence-corrected chi connectivity index (χ4v) is 2.85. The first kappa shape index (κ1) is 17.0. The van der Waals surface area contributed by atoms with Crippen molar-refractivity contribution >= 4 is 46.2 Å². The molecule has 0 saturated carbocycles. The van der Waals surface area contributed by atoms with Gasteiger partial charge in [-0.05, 0) is 55.4 Å². The Morgan fingerprint density at radius 1 is 1.18 bits per heavy atom. The van der Waals surface area contributed by atoms with Crippen molar-refractivity contribution in [2.24, 2.45) is 0 Å². The average molecular weight is 357 g/mol. The van der Waals surface area contributed by atoms with E-state index in [1.165, 1.54) is 12.1 Å². The van der Waals surface area contributed by atoms with E-state index in [1.807, 2.05) is 38.1 Å². The van der Waals surface area contributed by atoms with E-state index in [0.29, 0.717) is 15.7 Å². The molecule has 0 heterocycles. The normalized spacial score (nSPS) is 11.9. The van der Waals surface area contributed by atoms with Crippen LogP contribution < -0.4 is 10.6 Å². The van der Waals surface area contributed by atoms with Crippen LogP contribution in [0.1, 0.15) is 24.1 Å². The van der Waals surface area contributed by atoms with Crippen LogP contribution in [0.3, 0.4) is 0 Å². The van der Waals surface area contributed by atoms with E-state index in [2.05, 4.69) is 10.6 Å². The Morgan fingerprint density at radius 3 is 2.55 bits per heavy atom. The van der Waals surface area contributed by atoms with Crippen molar-refractivity contribution in [2.45, 2.75) is 19.9 Å². The monoisotopic (exact) mass is 356 g/mol. The summed E-state index contributed by atoms with van der Waals surface area (Å²) in [5, 5.41) is 7.03. The first-order valence-electron chi connectivity index (χ1n) is 6.66. The van der Waals surface area contributed by atoms with Crippen LogP contribution in [-0.2, 0) is 0 Å². The molecular formula is C16H15Cl2FN2S. The quantitative estimate of drug-likeness (QED) is 0.561. The molecular weight excluding hydrogens is 342 g/mol. The van der Waals surface area contributed by atoms with Crippen molar-refractivity contribution in [3.63, 3.8) is 0 Å². The number of anilines is 1. The Morgan fingerprint density at radius 2 is 1.86 bits per heavy atom. The highest BCUT2D eigenvalue weighted by atomic mass is 35.5. The predicted molar refractivity (Wildman–Crippen MR) is 95.4 cm³/mol. The fourth-order valence-electron chi connectivity index (χ4n) is 2.02. The van der Waals surface area contributed by atoms with E-state index >= 15 is 0 Å². The van der Waals surface area contributed by atoms with Gasteiger partial charge in [0, 0.05) is 10.7 Å². The first-order chi connectivity index (χ1) is 10.4. The molecule has 2 N–H and O–H groups in total. The Balaban J connectivity index is 2.09. The minimum absolute atomic E-state index is 0.00145. The van der Waals surface area contributed by atoms with Gasteiger partial charge in [-0.3, -0.25) is 0 Å². The SMILES string of the molecule is Cc1ccccc1NC(=S)N[C@@H](C)c1cc(F)c(Cl)cc1Cl. The molecule has 116 valence electrons. The van der Waals surface area contributed by atoms with Crippen LogP contribution in [-0.4, -0.2) is 5.11 Å². The summed E-state index contributed by atoms with van der Waals surface area (Å²) < 4.78 is 13.6. The van der Waals surface area contributed by atoms with Crippen molar-refractivity contribution < 1.29 is 4.39 Å². The van der Waals surface area contributed by atoms with E-state index < -0.39 is 5.82 Å². The molecule has 2 nitrogen and oxygen atoms in total. The first-order valence-corrected chi connectivity index (χ1v) is 7.82. The summed E-state index contributed by atoms with van der Waals surface area (Å²) in [6.45, 7) is 3.83. The van der Waals surface area contributed by atoms with Gasteiger partial charge in [-0.2, -0.15) is 0 Å². The number of hydrogen-bond acceptors (Lipinski definition) is 1. The summed E-state index contributed by atoms with van der Waals surface area (Å²) in [5.74, 6) is -0.507. The van der Waals surface area contributed by atoms with E-state index in [0.717, 1.165) is 11.3 Å². The lowest BCUT2D eigenvalue weighted by atomic mass is 10.1. The number of benzene rings is 2. The van der Waals surface area contributed by atoms with E-state index in [4.69, 9.17) is 35.4 Å². The molecule has 0 aliphatic carbocycles. The molecule has 0 radical (unpaired) electrons. The topological polar surface area (TPSA) is 24.1 Å². The largest absolute Gasteiger partial charge is 0.356 e. The third-order valence-electron chi connectivity index (χ3n) is 3.25. The summed E-state index contributed by atoms with van der Waals surface area (Å²) in [6.07, 6.45) is 0. The molecule has 6 heteroatoms. The molecule has 0 aromatic heterocycles. The molecule has 2 aromatic rings. The number of aryl methyl sites for hydroxylation is 1. The number of halogens is 3. The maximum absolute atomic E-state index is 13.6. The lowest BCUT2D eigenvalue weighted by Crippen LogP contribution is -2.31. The molecule has 1 atom stereocenters. The van der Waals surface area contributed by atoms with Crippen LogP contribution in [0.5, 0.6) is 0 Å². The number of nitrogens with one attached hydrogen (secondary N) is 2. The standard InChI is InChI=1S/C16H15Cl2FN2S/c1-9-5-3-4-6-15(9)21-16(22)20-10(2)11-7-14(19)13(18)8-12(11)17/h3-8,10H,1-2H3,(H2,20,21,22)/t10-/m0/s1. The Hall–Kier alpha value is -1.36. The molecule has 0 spiro atoms. The zero-order valence-electron chi connectivity index (χ0n) is 12.1. The zero-order chi connectivity index (χ0) is 16.3. The van der Waals surface area contributed by atoms with Crippen molar-refractivity contribution in [1.82, 2.24) is 5.32 Å². The minimum atomic E-state index is -0.507. The third-order valence-corrected chi connectivity index (χ3v) is 4.08. The second-order valence-electron chi connectivity index (χ2n) is 4.92. The van der Waals surface area contributed by atoms with Crippen molar-refractivity contribution in [2.75, 3.05) is 5.32 Å². The molecule has 0 fully saturated rings. The van der Waals surface area contributed by atoms with Gasteiger partial charge in [-0.1, -0.05) is 41.4 Å². The summed E-state index contributed by atoms with van der Waals surface area (Å²) in [6, 6.07) is 10.2. The van der Waals surface area contributed by atoms with Crippen molar-refractivity contribution in [3.8, 4) is 0 Å². The van der Waals surface area contributed by atoms with Gasteiger partial charge in [0.1, 0.15) is 5.82 Å². The van der Waals surface area contributed by atoms with E-state index in [-0.39, 0.29) is 11.1 Å². The Labute approximate surface area is 144 Å². The number of para-hydroxylation sites is 1. The molecule has 0 aliphatic rings. The van der Waals surface area contributed by atoms with Gasteiger partial charge in [0.05, 0.1) is 11.1 Å². The van der Waals surface area contributed by atoms with Gasteiger partial charge < -0.3 is 10.6 Å². The maximum Gasteiger partial charge on any atom is 0.171 e. The van der Waals surface area contributed by atoms with Crippen LogP contribution in [0.4, 0.5) is 10.1 Å². The molecule has 0 saturated heterocycles. The fraction of sp³-hybridized carbons (Fsp3) is 0.188. The molecule has 0 bridgehead atoms. The number of rotatable bonds is 3. The van der Waals surface area contributed by atoms with Crippen LogP contribution in [0, 0.1) is 12.7 Å². The van der Waals surface area contributed by atoms with Crippen molar-refractivity contribution in [1.29, 1.82) is 0 Å². The number of hydrogen-bond donors (Lipinski definition) is 2. The molecule has 0 aliphatic heterocycles. The van der Waals surface area contributed by atoms with Crippen LogP contribution in [0.25, 0.3) is 0 Å². The highest BCUT2D eigenvalue weighted by Gasteiger charge is 2.14. The molecule has 2 aromatic carbocycles. The Bertz CT molecular complexity index is 707. The second kappa shape index (κ2) is 7.27. The van der Waals surface area contributed by atoms with Gasteiger partial charge in [0.15, 0.2) is 5.11 Å². The van der Waals surface area contributed by atoms with Gasteiger partial charge in [0.2, 0.25) is 0 Å². The van der Waals surface area contributed by atoms with E-state index in [9.17, 15) is 4.39 Å².